The molecule has 0 unspecified atom stereocenters. The lowest BCUT2D eigenvalue weighted by Crippen LogP contribution is -2.59. The third kappa shape index (κ3) is 3.87. The maximum atomic E-state index is 14.2. The molecule has 2 fully saturated rings. The molecule has 0 radical (unpaired) electrons. The predicted molar refractivity (Wildman–Crippen MR) is 124 cm³/mol. The van der Waals surface area contributed by atoms with E-state index in [0.717, 1.165) is 55.5 Å². The molecule has 170 valence electrons. The third-order valence-corrected chi connectivity index (χ3v) is 7.36. The zero-order valence-corrected chi connectivity index (χ0v) is 19.1. The van der Waals surface area contributed by atoms with Crippen molar-refractivity contribution in [3.63, 3.8) is 0 Å². The summed E-state index contributed by atoms with van der Waals surface area (Å²) in [4.78, 5) is 33.8. The van der Waals surface area contributed by atoms with E-state index < -0.39 is 10.8 Å². The van der Waals surface area contributed by atoms with Gasteiger partial charge in [0.2, 0.25) is 11.8 Å². The van der Waals surface area contributed by atoms with Gasteiger partial charge in [-0.1, -0.05) is 37.5 Å². The fourth-order valence-corrected chi connectivity index (χ4v) is 5.62. The van der Waals surface area contributed by atoms with Gasteiger partial charge in [0.05, 0.1) is 18.2 Å². The first-order chi connectivity index (χ1) is 15.6. The maximum Gasteiger partial charge on any atom is 0.233 e. The Morgan fingerprint density at radius 3 is 2.31 bits per heavy atom. The van der Waals surface area contributed by atoms with E-state index in [9.17, 15) is 9.59 Å². The van der Waals surface area contributed by atoms with Crippen molar-refractivity contribution in [2.45, 2.75) is 55.8 Å². The lowest BCUT2D eigenvalue weighted by atomic mass is 9.67. The Labute approximate surface area is 190 Å². The number of rotatable bonds is 5. The van der Waals surface area contributed by atoms with Crippen LogP contribution in [0.5, 0.6) is 5.75 Å². The molecule has 4 rings (SSSR count). The molecule has 6 nitrogen and oxygen atoms in total. The number of likely N-dealkylation sites (tertiary alicyclic amines) is 1. The van der Waals surface area contributed by atoms with Crippen LogP contribution in [0.25, 0.3) is 0 Å². The Balaban J connectivity index is 1.70. The number of carbonyl (C=O) groups excluding carboxylic acids is 2. The molecule has 2 aliphatic rings. The van der Waals surface area contributed by atoms with Gasteiger partial charge >= 0.3 is 0 Å². The van der Waals surface area contributed by atoms with Gasteiger partial charge in [-0.3, -0.25) is 14.6 Å². The number of methoxy groups -OCH3 is 1. The van der Waals surface area contributed by atoms with Gasteiger partial charge in [0.25, 0.3) is 0 Å². The fraction of sp³-hybridized carbons (Fsp3) is 0.500. The summed E-state index contributed by atoms with van der Waals surface area (Å²) in [5.74, 6) is 0.862. The second-order valence-electron chi connectivity index (χ2n) is 9.08. The number of hydrogen-bond donors (Lipinski definition) is 1. The smallest absolute Gasteiger partial charge is 0.233 e. The molecular weight excluding hydrogens is 402 g/mol. The van der Waals surface area contributed by atoms with E-state index in [2.05, 4.69) is 10.3 Å². The van der Waals surface area contributed by atoms with Gasteiger partial charge in [-0.25, -0.2) is 0 Å². The second kappa shape index (κ2) is 9.31. The third-order valence-electron chi connectivity index (χ3n) is 7.36. The van der Waals surface area contributed by atoms with Gasteiger partial charge in [-0.2, -0.15) is 0 Å². The summed E-state index contributed by atoms with van der Waals surface area (Å²) in [6.45, 7) is 1.03. The lowest BCUT2D eigenvalue weighted by Gasteiger charge is -2.46. The van der Waals surface area contributed by atoms with Crippen LogP contribution in [-0.2, 0) is 20.4 Å². The highest BCUT2D eigenvalue weighted by Gasteiger charge is 2.50. The first kappa shape index (κ1) is 22.3. The van der Waals surface area contributed by atoms with Crippen LogP contribution in [0.1, 0.15) is 56.2 Å². The molecule has 1 N–H and O–H groups in total. The Morgan fingerprint density at radius 1 is 0.969 bits per heavy atom. The standard InChI is InChI=1S/C26H33N3O3/c1-27-23(30)26(22-9-4-7-17-28-22)16-8-18-29(19-26)24(31)25(14-5-3-6-15-25)20-10-12-21(32-2)13-11-20/h4,7,9-13,17H,3,5-6,8,14-16,18-19H2,1-2H3,(H,27,30)/t26-/m1/s1. The van der Waals surface area contributed by atoms with Crippen molar-refractivity contribution in [2.24, 2.45) is 0 Å². The Hall–Kier alpha value is -2.89. The SMILES string of the molecule is CNC(=O)[C@]1(c2ccccn2)CCCN(C(=O)C2(c3ccc(OC)cc3)CCCCC2)C1. The minimum atomic E-state index is -0.820. The van der Waals surface area contributed by atoms with E-state index in [4.69, 9.17) is 4.74 Å². The van der Waals surface area contributed by atoms with Crippen LogP contribution < -0.4 is 10.1 Å². The highest BCUT2D eigenvalue weighted by Crippen LogP contribution is 2.43. The molecule has 1 saturated carbocycles. The molecule has 6 heteroatoms. The molecule has 0 bridgehead atoms. The lowest BCUT2D eigenvalue weighted by molar-refractivity contribution is -0.143. The van der Waals surface area contributed by atoms with Crippen LogP contribution >= 0.6 is 0 Å². The number of carbonyl (C=O) groups is 2. The summed E-state index contributed by atoms with van der Waals surface area (Å²) in [5, 5.41) is 2.84. The highest BCUT2D eigenvalue weighted by atomic mass is 16.5. The van der Waals surface area contributed by atoms with E-state index in [1.807, 2.05) is 47.4 Å². The van der Waals surface area contributed by atoms with Crippen LogP contribution in [0, 0.1) is 0 Å². The largest absolute Gasteiger partial charge is 0.497 e. The van der Waals surface area contributed by atoms with Crippen molar-refractivity contribution in [2.75, 3.05) is 27.2 Å². The van der Waals surface area contributed by atoms with E-state index in [0.29, 0.717) is 19.5 Å². The van der Waals surface area contributed by atoms with Crippen molar-refractivity contribution in [1.29, 1.82) is 0 Å². The maximum absolute atomic E-state index is 14.2. The van der Waals surface area contributed by atoms with Gasteiger partial charge < -0.3 is 15.0 Å². The molecule has 2 aromatic rings. The quantitative estimate of drug-likeness (QED) is 0.779. The van der Waals surface area contributed by atoms with Crippen molar-refractivity contribution in [3.8, 4) is 5.75 Å². The van der Waals surface area contributed by atoms with Crippen molar-refractivity contribution in [3.05, 3.63) is 59.9 Å². The molecule has 32 heavy (non-hydrogen) atoms. The van der Waals surface area contributed by atoms with Gasteiger partial charge in [0.15, 0.2) is 0 Å². The van der Waals surface area contributed by atoms with Crippen LogP contribution in [0.3, 0.4) is 0 Å². The zero-order valence-electron chi connectivity index (χ0n) is 19.1. The summed E-state index contributed by atoms with van der Waals surface area (Å²) in [7, 11) is 3.31. The van der Waals surface area contributed by atoms with Crippen LogP contribution in [0.4, 0.5) is 0 Å². The van der Waals surface area contributed by atoms with Gasteiger partial charge in [-0.05, 0) is 55.5 Å². The van der Waals surface area contributed by atoms with Gasteiger partial charge in [-0.15, -0.1) is 0 Å². The first-order valence-electron chi connectivity index (χ1n) is 11.6. The van der Waals surface area contributed by atoms with E-state index in [1.165, 1.54) is 0 Å². The molecule has 1 aliphatic carbocycles. The molecule has 1 aliphatic heterocycles. The molecular formula is C26H33N3O3. The summed E-state index contributed by atoms with van der Waals surface area (Å²) < 4.78 is 5.33. The predicted octanol–water partition coefficient (Wildman–Crippen LogP) is 3.60. The number of ether oxygens (including phenoxy) is 1. The summed E-state index contributed by atoms with van der Waals surface area (Å²) in [5.41, 5.74) is 0.427. The molecule has 2 heterocycles. The number of likely N-dealkylation sites (N-methyl/N-ethyl adjacent to an activating group) is 1. The number of benzene rings is 1. The monoisotopic (exact) mass is 435 g/mol. The number of aromatic nitrogens is 1. The zero-order chi connectivity index (χ0) is 22.6. The minimum Gasteiger partial charge on any atom is -0.497 e. The normalized spacial score (nSPS) is 22.8. The van der Waals surface area contributed by atoms with Crippen LogP contribution in [0.2, 0.25) is 0 Å². The number of piperidine rings is 1. The molecule has 0 spiro atoms. The van der Waals surface area contributed by atoms with Gasteiger partial charge in [0, 0.05) is 26.3 Å². The highest BCUT2D eigenvalue weighted by molar-refractivity contribution is 5.92. The molecule has 1 saturated heterocycles. The summed E-state index contributed by atoms with van der Waals surface area (Å²) in [6.07, 6.45) is 8.08. The Morgan fingerprint density at radius 2 is 1.69 bits per heavy atom. The number of nitrogens with zero attached hydrogens (tertiary/aromatic N) is 2. The van der Waals surface area contributed by atoms with E-state index in [-0.39, 0.29) is 11.8 Å². The topological polar surface area (TPSA) is 71.5 Å². The number of nitrogens with one attached hydrogen (secondary N) is 1. The number of hydrogen-bond acceptors (Lipinski definition) is 4. The average Bonchev–Trinajstić information content (AvgIpc) is 2.88. The van der Waals surface area contributed by atoms with Crippen LogP contribution in [-0.4, -0.2) is 48.9 Å². The molecule has 1 aromatic heterocycles. The van der Waals surface area contributed by atoms with Crippen molar-refractivity contribution >= 4 is 11.8 Å². The van der Waals surface area contributed by atoms with E-state index in [1.54, 1.807) is 20.4 Å². The first-order valence-corrected chi connectivity index (χ1v) is 11.6. The van der Waals surface area contributed by atoms with Crippen molar-refractivity contribution in [1.82, 2.24) is 15.2 Å². The van der Waals surface area contributed by atoms with Crippen molar-refractivity contribution < 1.29 is 14.3 Å². The molecule has 1 atom stereocenters. The van der Waals surface area contributed by atoms with Gasteiger partial charge in [0.1, 0.15) is 11.2 Å². The minimum absolute atomic E-state index is 0.0733. The Bertz CT molecular complexity index is 939. The summed E-state index contributed by atoms with van der Waals surface area (Å²) >= 11 is 0. The number of amides is 2. The Kier molecular flexibility index (Phi) is 6.49. The second-order valence-corrected chi connectivity index (χ2v) is 9.08. The van der Waals surface area contributed by atoms with E-state index >= 15 is 0 Å². The van der Waals surface area contributed by atoms with Crippen LogP contribution in [0.15, 0.2) is 48.7 Å². The molecule has 2 amide bonds. The molecule has 1 aromatic carbocycles. The number of pyridine rings is 1. The summed E-state index contributed by atoms with van der Waals surface area (Å²) in [6, 6.07) is 13.6. The fourth-order valence-electron chi connectivity index (χ4n) is 5.62. The average molecular weight is 436 g/mol.